The summed E-state index contributed by atoms with van der Waals surface area (Å²) in [4.78, 5) is 0. The van der Waals surface area contributed by atoms with Crippen molar-refractivity contribution in [2.75, 3.05) is 0 Å². The Labute approximate surface area is 91.8 Å². The molecule has 0 amide bonds. The Balaban J connectivity index is 2.52. The van der Waals surface area contributed by atoms with Crippen molar-refractivity contribution < 1.29 is 0 Å². The standard InChI is InChI=1S/C14H17N/c1-3-5-11-14(4-2)15-12-13-9-7-6-8-10-13/h3-11,15H,2,12H2,1H3/b5-3-,14-11+. The van der Waals surface area contributed by atoms with Crippen LogP contribution in [0.3, 0.4) is 0 Å². The quantitative estimate of drug-likeness (QED) is 0.716. The van der Waals surface area contributed by atoms with E-state index in [2.05, 4.69) is 24.0 Å². The Morgan fingerprint density at radius 1 is 1.33 bits per heavy atom. The van der Waals surface area contributed by atoms with Crippen molar-refractivity contribution in [1.82, 2.24) is 5.32 Å². The molecule has 1 rings (SSSR count). The third-order valence-electron chi connectivity index (χ3n) is 2.03. The molecule has 1 N–H and O–H groups in total. The van der Waals surface area contributed by atoms with E-state index in [4.69, 9.17) is 0 Å². The summed E-state index contributed by atoms with van der Waals surface area (Å²) < 4.78 is 0. The molecule has 78 valence electrons. The van der Waals surface area contributed by atoms with Crippen LogP contribution >= 0.6 is 0 Å². The van der Waals surface area contributed by atoms with Crippen molar-refractivity contribution in [2.24, 2.45) is 0 Å². The molecule has 1 nitrogen and oxygen atoms in total. The summed E-state index contributed by atoms with van der Waals surface area (Å²) in [5.74, 6) is 0. The second kappa shape index (κ2) is 6.66. The highest BCUT2D eigenvalue weighted by Gasteiger charge is 1.91. The van der Waals surface area contributed by atoms with Gasteiger partial charge in [0.05, 0.1) is 0 Å². The molecule has 0 spiro atoms. The van der Waals surface area contributed by atoms with E-state index in [-0.39, 0.29) is 0 Å². The third kappa shape index (κ3) is 4.32. The average Bonchev–Trinajstić information content (AvgIpc) is 2.31. The van der Waals surface area contributed by atoms with E-state index in [1.54, 1.807) is 0 Å². The first-order valence-corrected chi connectivity index (χ1v) is 5.10. The lowest BCUT2D eigenvalue weighted by molar-refractivity contribution is 0.834. The molecule has 0 saturated heterocycles. The molecule has 1 aromatic rings. The van der Waals surface area contributed by atoms with Crippen LogP contribution in [0.2, 0.25) is 0 Å². The van der Waals surface area contributed by atoms with Gasteiger partial charge in [-0.2, -0.15) is 0 Å². The Kier molecular flexibility index (Phi) is 5.02. The second-order valence-electron chi connectivity index (χ2n) is 3.19. The number of benzene rings is 1. The number of nitrogens with one attached hydrogen (secondary N) is 1. The first kappa shape index (κ1) is 11.3. The second-order valence-corrected chi connectivity index (χ2v) is 3.19. The fourth-order valence-electron chi connectivity index (χ4n) is 1.20. The molecule has 1 aromatic carbocycles. The van der Waals surface area contributed by atoms with Crippen LogP contribution in [0.4, 0.5) is 0 Å². The van der Waals surface area contributed by atoms with Gasteiger partial charge in [-0.15, -0.1) is 0 Å². The predicted octanol–water partition coefficient (Wildman–Crippen LogP) is 3.42. The molecule has 0 aromatic heterocycles. The first-order valence-electron chi connectivity index (χ1n) is 5.10. The lowest BCUT2D eigenvalue weighted by atomic mass is 10.2. The number of allylic oxidation sites excluding steroid dienone is 4. The van der Waals surface area contributed by atoms with E-state index in [9.17, 15) is 0 Å². The smallest absolute Gasteiger partial charge is 0.0400 e. The normalized spacial score (nSPS) is 11.7. The summed E-state index contributed by atoms with van der Waals surface area (Å²) in [6.45, 7) is 6.59. The van der Waals surface area contributed by atoms with Crippen LogP contribution in [0.1, 0.15) is 12.5 Å². The van der Waals surface area contributed by atoms with Gasteiger partial charge in [-0.3, -0.25) is 0 Å². The van der Waals surface area contributed by atoms with Gasteiger partial charge < -0.3 is 5.32 Å². The molecule has 0 saturated carbocycles. The first-order chi connectivity index (χ1) is 7.36. The van der Waals surface area contributed by atoms with E-state index < -0.39 is 0 Å². The van der Waals surface area contributed by atoms with Crippen molar-refractivity contribution in [3.63, 3.8) is 0 Å². The Morgan fingerprint density at radius 2 is 2.07 bits per heavy atom. The highest BCUT2D eigenvalue weighted by Crippen LogP contribution is 2.00. The van der Waals surface area contributed by atoms with Crippen LogP contribution in [-0.2, 0) is 6.54 Å². The summed E-state index contributed by atoms with van der Waals surface area (Å²) in [6.07, 6.45) is 7.82. The Hall–Kier alpha value is -1.76. The Morgan fingerprint density at radius 3 is 2.67 bits per heavy atom. The molecule has 0 radical (unpaired) electrons. The topological polar surface area (TPSA) is 12.0 Å². The molecule has 1 heteroatoms. The molecule has 0 heterocycles. The zero-order valence-corrected chi connectivity index (χ0v) is 9.11. The minimum atomic E-state index is 0.830. The van der Waals surface area contributed by atoms with Gasteiger partial charge in [0.2, 0.25) is 0 Å². The van der Waals surface area contributed by atoms with Gasteiger partial charge in [-0.25, -0.2) is 0 Å². The zero-order chi connectivity index (χ0) is 10.9. The molecule has 15 heavy (non-hydrogen) atoms. The maximum absolute atomic E-state index is 3.76. The van der Waals surface area contributed by atoms with Crippen molar-refractivity contribution in [1.29, 1.82) is 0 Å². The van der Waals surface area contributed by atoms with E-state index >= 15 is 0 Å². The SMILES string of the molecule is C=C/C(=C\C=C/C)NCc1ccccc1. The predicted molar refractivity (Wildman–Crippen MR) is 66.4 cm³/mol. The fourth-order valence-corrected chi connectivity index (χ4v) is 1.20. The van der Waals surface area contributed by atoms with Gasteiger partial charge in [-0.05, 0) is 24.6 Å². The van der Waals surface area contributed by atoms with Crippen LogP contribution in [0.25, 0.3) is 0 Å². The van der Waals surface area contributed by atoms with Crippen molar-refractivity contribution in [3.05, 3.63) is 72.5 Å². The summed E-state index contributed by atoms with van der Waals surface area (Å²) >= 11 is 0. The van der Waals surface area contributed by atoms with E-state index in [0.717, 1.165) is 12.2 Å². The van der Waals surface area contributed by atoms with Crippen LogP contribution in [-0.4, -0.2) is 0 Å². The largest absolute Gasteiger partial charge is 0.381 e. The molecule has 0 atom stereocenters. The monoisotopic (exact) mass is 199 g/mol. The summed E-state index contributed by atoms with van der Waals surface area (Å²) in [7, 11) is 0. The molecule has 0 aliphatic carbocycles. The molecular formula is C14H17N. The van der Waals surface area contributed by atoms with Crippen LogP contribution in [0.5, 0.6) is 0 Å². The van der Waals surface area contributed by atoms with Crippen molar-refractivity contribution in [3.8, 4) is 0 Å². The maximum atomic E-state index is 3.76. The van der Waals surface area contributed by atoms with Crippen LogP contribution in [0, 0.1) is 0 Å². The van der Waals surface area contributed by atoms with Gasteiger partial charge in [0.1, 0.15) is 0 Å². The van der Waals surface area contributed by atoms with Gasteiger partial charge in [0.25, 0.3) is 0 Å². The number of hydrogen-bond acceptors (Lipinski definition) is 1. The summed E-state index contributed by atoms with van der Waals surface area (Å²) in [6, 6.07) is 10.3. The van der Waals surface area contributed by atoms with Crippen LogP contribution in [0.15, 0.2) is 66.9 Å². The highest BCUT2D eigenvalue weighted by molar-refractivity contribution is 5.22. The van der Waals surface area contributed by atoms with E-state index in [1.165, 1.54) is 5.56 Å². The molecule has 0 bridgehead atoms. The molecule has 0 fully saturated rings. The van der Waals surface area contributed by atoms with Gasteiger partial charge in [0.15, 0.2) is 0 Å². The minimum absolute atomic E-state index is 0.830. The van der Waals surface area contributed by atoms with E-state index in [1.807, 2.05) is 49.4 Å². The summed E-state index contributed by atoms with van der Waals surface area (Å²) in [5, 5.41) is 3.31. The average molecular weight is 199 g/mol. The molecular weight excluding hydrogens is 182 g/mol. The minimum Gasteiger partial charge on any atom is -0.381 e. The molecule has 0 aliphatic rings. The van der Waals surface area contributed by atoms with Crippen LogP contribution < -0.4 is 5.32 Å². The zero-order valence-electron chi connectivity index (χ0n) is 9.11. The highest BCUT2D eigenvalue weighted by atomic mass is 14.9. The van der Waals surface area contributed by atoms with Gasteiger partial charge in [-0.1, -0.05) is 49.1 Å². The van der Waals surface area contributed by atoms with Gasteiger partial charge >= 0.3 is 0 Å². The fraction of sp³-hybridized carbons (Fsp3) is 0.143. The number of hydrogen-bond donors (Lipinski definition) is 1. The lowest BCUT2D eigenvalue weighted by Crippen LogP contribution is -2.10. The lowest BCUT2D eigenvalue weighted by Gasteiger charge is -2.06. The Bertz CT molecular complexity index is 347. The third-order valence-corrected chi connectivity index (χ3v) is 2.03. The molecule has 0 unspecified atom stereocenters. The van der Waals surface area contributed by atoms with Crippen molar-refractivity contribution >= 4 is 0 Å². The molecule has 0 aliphatic heterocycles. The van der Waals surface area contributed by atoms with Crippen molar-refractivity contribution in [2.45, 2.75) is 13.5 Å². The summed E-state index contributed by atoms with van der Waals surface area (Å²) in [5.41, 5.74) is 2.31. The van der Waals surface area contributed by atoms with E-state index in [0.29, 0.717) is 0 Å². The number of rotatable bonds is 5. The maximum Gasteiger partial charge on any atom is 0.0400 e. The van der Waals surface area contributed by atoms with Gasteiger partial charge in [0, 0.05) is 12.2 Å².